The number of hydrogen-bond donors (Lipinski definition) is 1. The van der Waals surface area contributed by atoms with Crippen LogP contribution in [-0.4, -0.2) is 57.1 Å². The number of aryl methyl sites for hydroxylation is 2. The van der Waals surface area contributed by atoms with E-state index in [0.717, 1.165) is 36.7 Å². The molecule has 0 atom stereocenters. The summed E-state index contributed by atoms with van der Waals surface area (Å²) >= 11 is 0. The van der Waals surface area contributed by atoms with Crippen molar-refractivity contribution in [3.63, 3.8) is 0 Å². The van der Waals surface area contributed by atoms with E-state index in [1.54, 1.807) is 4.68 Å². The molecule has 0 aliphatic carbocycles. The molecule has 3 aromatic rings. The summed E-state index contributed by atoms with van der Waals surface area (Å²) in [5, 5.41) is 16.0. The largest absolute Gasteiger partial charge is 0.352 e. The van der Waals surface area contributed by atoms with Crippen molar-refractivity contribution < 1.29 is 4.79 Å². The highest BCUT2D eigenvalue weighted by Crippen LogP contribution is 2.16. The van der Waals surface area contributed by atoms with E-state index in [1.165, 1.54) is 5.56 Å². The standard InChI is InChI=1S/C21H25N7O/c1-3-17-5-4-6-18(15-17)22-21(29)27-13-11-26(12-14-27)19-7-8-20(24-23-19)28-10-9-16(2)25-28/h4-10,15H,3,11-14H2,1-2H3,(H,22,29). The minimum atomic E-state index is -0.0617. The van der Waals surface area contributed by atoms with Gasteiger partial charge in [-0.05, 0) is 49.2 Å². The van der Waals surface area contributed by atoms with Gasteiger partial charge in [-0.3, -0.25) is 0 Å². The number of benzene rings is 1. The van der Waals surface area contributed by atoms with Gasteiger partial charge in [0.15, 0.2) is 11.6 Å². The zero-order valence-corrected chi connectivity index (χ0v) is 16.7. The van der Waals surface area contributed by atoms with Gasteiger partial charge in [0.05, 0.1) is 5.69 Å². The molecule has 150 valence electrons. The lowest BCUT2D eigenvalue weighted by Gasteiger charge is -2.35. The molecule has 2 amide bonds. The Hall–Kier alpha value is -3.42. The van der Waals surface area contributed by atoms with Gasteiger partial charge in [-0.1, -0.05) is 19.1 Å². The third kappa shape index (κ3) is 4.37. The van der Waals surface area contributed by atoms with Crippen molar-refractivity contribution in [3.8, 4) is 5.82 Å². The Morgan fingerprint density at radius 2 is 1.79 bits per heavy atom. The lowest BCUT2D eigenvalue weighted by molar-refractivity contribution is 0.208. The predicted molar refractivity (Wildman–Crippen MR) is 113 cm³/mol. The van der Waals surface area contributed by atoms with Gasteiger partial charge in [-0.25, -0.2) is 9.48 Å². The van der Waals surface area contributed by atoms with Gasteiger partial charge >= 0.3 is 6.03 Å². The molecule has 0 saturated carbocycles. The smallest absolute Gasteiger partial charge is 0.321 e. The van der Waals surface area contributed by atoms with E-state index in [4.69, 9.17) is 0 Å². The van der Waals surface area contributed by atoms with E-state index >= 15 is 0 Å². The minimum absolute atomic E-state index is 0.0617. The van der Waals surface area contributed by atoms with Crippen LogP contribution in [0.4, 0.5) is 16.3 Å². The van der Waals surface area contributed by atoms with Crippen LogP contribution >= 0.6 is 0 Å². The van der Waals surface area contributed by atoms with Gasteiger partial charge in [-0.15, -0.1) is 10.2 Å². The highest BCUT2D eigenvalue weighted by atomic mass is 16.2. The maximum absolute atomic E-state index is 12.6. The van der Waals surface area contributed by atoms with Gasteiger partial charge in [0, 0.05) is 38.1 Å². The normalized spacial score (nSPS) is 14.1. The number of carbonyl (C=O) groups excluding carboxylic acids is 1. The van der Waals surface area contributed by atoms with Gasteiger partial charge in [0.2, 0.25) is 0 Å². The minimum Gasteiger partial charge on any atom is -0.352 e. The number of anilines is 2. The molecule has 1 aliphatic heterocycles. The van der Waals surface area contributed by atoms with Crippen LogP contribution in [0.3, 0.4) is 0 Å². The Balaban J connectivity index is 1.33. The molecule has 4 rings (SSSR count). The molecular weight excluding hydrogens is 366 g/mol. The van der Waals surface area contributed by atoms with Crippen LogP contribution < -0.4 is 10.2 Å². The predicted octanol–water partition coefficient (Wildman–Crippen LogP) is 2.89. The molecule has 1 saturated heterocycles. The second kappa shape index (κ2) is 8.30. The molecule has 0 unspecified atom stereocenters. The summed E-state index contributed by atoms with van der Waals surface area (Å²) in [5.74, 6) is 1.50. The fourth-order valence-corrected chi connectivity index (χ4v) is 3.36. The van der Waals surface area contributed by atoms with Crippen LogP contribution in [0.1, 0.15) is 18.2 Å². The molecule has 1 N–H and O–H groups in total. The van der Waals surface area contributed by atoms with Crippen LogP contribution in [0.2, 0.25) is 0 Å². The molecule has 0 spiro atoms. The number of urea groups is 1. The highest BCUT2D eigenvalue weighted by Gasteiger charge is 2.22. The summed E-state index contributed by atoms with van der Waals surface area (Å²) in [4.78, 5) is 16.6. The Bertz CT molecular complexity index is 975. The first kappa shape index (κ1) is 18.9. The number of piperazine rings is 1. The van der Waals surface area contributed by atoms with Crippen molar-refractivity contribution in [2.24, 2.45) is 0 Å². The van der Waals surface area contributed by atoms with Crippen molar-refractivity contribution in [2.45, 2.75) is 20.3 Å². The molecule has 1 fully saturated rings. The zero-order valence-electron chi connectivity index (χ0n) is 16.7. The summed E-state index contributed by atoms with van der Waals surface area (Å²) in [7, 11) is 0. The molecule has 3 heterocycles. The van der Waals surface area contributed by atoms with Crippen LogP contribution in [0.5, 0.6) is 0 Å². The van der Waals surface area contributed by atoms with Crippen molar-refractivity contribution in [2.75, 3.05) is 36.4 Å². The molecule has 29 heavy (non-hydrogen) atoms. The third-order valence-electron chi connectivity index (χ3n) is 5.07. The van der Waals surface area contributed by atoms with Crippen LogP contribution in [0.25, 0.3) is 5.82 Å². The fraction of sp³-hybridized carbons (Fsp3) is 0.333. The van der Waals surface area contributed by atoms with Gasteiger partial charge in [0.1, 0.15) is 0 Å². The fourth-order valence-electron chi connectivity index (χ4n) is 3.36. The summed E-state index contributed by atoms with van der Waals surface area (Å²) < 4.78 is 1.71. The van der Waals surface area contributed by atoms with E-state index < -0.39 is 0 Å². The molecule has 1 aliphatic rings. The Morgan fingerprint density at radius 3 is 2.45 bits per heavy atom. The summed E-state index contributed by atoms with van der Waals surface area (Å²) in [5.41, 5.74) is 2.98. The topological polar surface area (TPSA) is 79.2 Å². The number of nitrogens with zero attached hydrogens (tertiary/aromatic N) is 6. The maximum Gasteiger partial charge on any atom is 0.321 e. The molecule has 8 nitrogen and oxygen atoms in total. The van der Waals surface area contributed by atoms with Gasteiger partial charge in [-0.2, -0.15) is 5.10 Å². The number of carbonyl (C=O) groups is 1. The van der Waals surface area contributed by atoms with Crippen LogP contribution in [-0.2, 0) is 6.42 Å². The quantitative estimate of drug-likeness (QED) is 0.740. The highest BCUT2D eigenvalue weighted by molar-refractivity contribution is 5.89. The van der Waals surface area contributed by atoms with Gasteiger partial charge < -0.3 is 15.1 Å². The molecule has 2 aromatic heterocycles. The van der Waals surface area contributed by atoms with E-state index in [2.05, 4.69) is 38.5 Å². The Morgan fingerprint density at radius 1 is 1.03 bits per heavy atom. The average molecular weight is 391 g/mol. The zero-order chi connectivity index (χ0) is 20.2. The number of nitrogens with one attached hydrogen (secondary N) is 1. The van der Waals surface area contributed by atoms with Crippen LogP contribution in [0.15, 0.2) is 48.7 Å². The SMILES string of the molecule is CCc1cccc(NC(=O)N2CCN(c3ccc(-n4ccc(C)n4)nn3)CC2)c1. The molecular formula is C21H25N7O. The number of aromatic nitrogens is 4. The first-order valence-electron chi connectivity index (χ1n) is 9.88. The lowest BCUT2D eigenvalue weighted by Crippen LogP contribution is -2.50. The summed E-state index contributed by atoms with van der Waals surface area (Å²) in [6, 6.07) is 13.7. The van der Waals surface area contributed by atoms with Crippen molar-refractivity contribution >= 4 is 17.5 Å². The third-order valence-corrected chi connectivity index (χ3v) is 5.07. The number of hydrogen-bond acceptors (Lipinski definition) is 5. The summed E-state index contributed by atoms with van der Waals surface area (Å²) in [6.07, 6.45) is 2.81. The molecule has 8 heteroatoms. The lowest BCUT2D eigenvalue weighted by atomic mass is 10.1. The maximum atomic E-state index is 12.6. The first-order chi connectivity index (χ1) is 14.1. The number of amides is 2. The van der Waals surface area contributed by atoms with Crippen molar-refractivity contribution in [1.29, 1.82) is 0 Å². The second-order valence-corrected chi connectivity index (χ2v) is 7.11. The summed E-state index contributed by atoms with van der Waals surface area (Å²) in [6.45, 7) is 6.76. The van der Waals surface area contributed by atoms with Crippen LogP contribution in [0, 0.1) is 6.92 Å². The Kier molecular flexibility index (Phi) is 5.41. The first-order valence-corrected chi connectivity index (χ1v) is 9.88. The van der Waals surface area contributed by atoms with Crippen molar-refractivity contribution in [1.82, 2.24) is 24.9 Å². The van der Waals surface area contributed by atoms with E-state index in [0.29, 0.717) is 18.9 Å². The second-order valence-electron chi connectivity index (χ2n) is 7.11. The monoisotopic (exact) mass is 391 g/mol. The molecule has 1 aromatic carbocycles. The van der Waals surface area contributed by atoms with E-state index in [1.807, 2.05) is 54.4 Å². The molecule has 0 radical (unpaired) electrons. The van der Waals surface area contributed by atoms with Crippen molar-refractivity contribution in [3.05, 3.63) is 59.9 Å². The Labute approximate surface area is 170 Å². The van der Waals surface area contributed by atoms with Gasteiger partial charge in [0.25, 0.3) is 0 Å². The van der Waals surface area contributed by atoms with E-state index in [-0.39, 0.29) is 6.03 Å². The van der Waals surface area contributed by atoms with E-state index in [9.17, 15) is 4.79 Å². The average Bonchev–Trinajstić information content (AvgIpc) is 3.20. The molecule has 0 bridgehead atoms. The number of rotatable bonds is 4.